The third kappa shape index (κ3) is 29.8. The molecule has 10 nitrogen and oxygen atoms in total. The SMILES string of the molecule is CCCCCCCCCCCCCCCC(=O)OCC(COC(=O)CCCCCCCCCCCCCCC)OC(=O)C(C)CC(C)C(=O)Oc1cc(C)cc(C)c1C(C)(C)CC(=O)O. The van der Waals surface area contributed by atoms with E-state index < -0.39 is 41.3 Å². The van der Waals surface area contributed by atoms with Gasteiger partial charge in [0, 0.05) is 23.8 Å². The van der Waals surface area contributed by atoms with Crippen molar-refractivity contribution in [2.45, 2.75) is 260 Å². The zero-order chi connectivity index (χ0) is 48.3. The second-order valence-electron chi connectivity index (χ2n) is 19.8. The maximum Gasteiger partial charge on any atom is 0.314 e. The number of carboxylic acid groups (broad SMARTS) is 1. The summed E-state index contributed by atoms with van der Waals surface area (Å²) in [5.74, 6) is -4.01. The average molecular weight is 915 g/mol. The van der Waals surface area contributed by atoms with Crippen LogP contribution in [0.5, 0.6) is 5.75 Å². The first kappa shape index (κ1) is 59.6. The smallest absolute Gasteiger partial charge is 0.314 e. The number of hydrogen-bond donors (Lipinski definition) is 1. The van der Waals surface area contributed by atoms with Gasteiger partial charge in [-0.2, -0.15) is 0 Å². The first-order valence-corrected chi connectivity index (χ1v) is 26.2. The molecule has 0 saturated heterocycles. The van der Waals surface area contributed by atoms with Gasteiger partial charge in [-0.25, -0.2) is 0 Å². The number of esters is 4. The van der Waals surface area contributed by atoms with E-state index in [9.17, 15) is 29.1 Å². The van der Waals surface area contributed by atoms with Crippen LogP contribution in [0.4, 0.5) is 0 Å². The van der Waals surface area contributed by atoms with Crippen LogP contribution in [0.2, 0.25) is 0 Å². The van der Waals surface area contributed by atoms with Gasteiger partial charge in [-0.15, -0.1) is 0 Å². The molecule has 0 aliphatic rings. The van der Waals surface area contributed by atoms with Gasteiger partial charge in [-0.05, 0) is 50.3 Å². The molecule has 374 valence electrons. The van der Waals surface area contributed by atoms with Crippen molar-refractivity contribution in [3.8, 4) is 5.75 Å². The Bertz CT molecular complexity index is 1420. The Morgan fingerprint density at radius 2 is 0.923 bits per heavy atom. The predicted molar refractivity (Wildman–Crippen MR) is 262 cm³/mol. The van der Waals surface area contributed by atoms with Gasteiger partial charge in [0.05, 0.1) is 18.3 Å². The van der Waals surface area contributed by atoms with Crippen molar-refractivity contribution in [3.63, 3.8) is 0 Å². The summed E-state index contributed by atoms with van der Waals surface area (Å²) in [5, 5.41) is 9.56. The maximum atomic E-state index is 13.4. The first-order chi connectivity index (χ1) is 31.1. The summed E-state index contributed by atoms with van der Waals surface area (Å²) in [5.41, 5.74) is 1.53. The summed E-state index contributed by atoms with van der Waals surface area (Å²) in [4.78, 5) is 64.1. The highest BCUT2D eigenvalue weighted by molar-refractivity contribution is 5.78. The number of benzene rings is 1. The lowest BCUT2D eigenvalue weighted by atomic mass is 9.78. The highest BCUT2D eigenvalue weighted by Crippen LogP contribution is 2.38. The van der Waals surface area contributed by atoms with E-state index in [1.807, 2.05) is 33.8 Å². The fraction of sp³-hybridized carbons (Fsp3) is 0.800. The molecule has 0 radical (unpaired) electrons. The fourth-order valence-electron chi connectivity index (χ4n) is 8.76. The minimum absolute atomic E-state index is 0.112. The molecule has 0 aliphatic carbocycles. The highest BCUT2D eigenvalue weighted by atomic mass is 16.6. The van der Waals surface area contributed by atoms with Gasteiger partial charge < -0.3 is 24.1 Å². The number of rotatable bonds is 41. The lowest BCUT2D eigenvalue weighted by Crippen LogP contribution is -2.33. The van der Waals surface area contributed by atoms with Gasteiger partial charge in [-0.3, -0.25) is 24.0 Å². The quantitative estimate of drug-likeness (QED) is 0.0292. The molecule has 1 aromatic rings. The summed E-state index contributed by atoms with van der Waals surface area (Å²) in [6.07, 6.45) is 30.9. The van der Waals surface area contributed by atoms with E-state index >= 15 is 0 Å². The molecule has 0 aromatic heterocycles. The zero-order valence-electron chi connectivity index (χ0n) is 42.6. The molecule has 1 N–H and O–H groups in total. The van der Waals surface area contributed by atoms with E-state index in [1.165, 1.54) is 128 Å². The second kappa shape index (κ2) is 36.7. The molecule has 0 heterocycles. The Kier molecular flexibility index (Phi) is 33.6. The third-order valence-corrected chi connectivity index (χ3v) is 12.5. The number of carbonyl (C=O) groups excluding carboxylic acids is 4. The van der Waals surface area contributed by atoms with Gasteiger partial charge in [0.1, 0.15) is 19.0 Å². The van der Waals surface area contributed by atoms with Gasteiger partial charge >= 0.3 is 29.8 Å². The topological polar surface area (TPSA) is 142 Å². The van der Waals surface area contributed by atoms with E-state index in [2.05, 4.69) is 13.8 Å². The first-order valence-electron chi connectivity index (χ1n) is 26.2. The van der Waals surface area contributed by atoms with Crippen LogP contribution >= 0.6 is 0 Å². The van der Waals surface area contributed by atoms with Crippen LogP contribution in [0, 0.1) is 25.7 Å². The third-order valence-electron chi connectivity index (χ3n) is 12.5. The number of aryl methyl sites for hydroxylation is 2. The Morgan fingerprint density at radius 1 is 0.554 bits per heavy atom. The molecule has 65 heavy (non-hydrogen) atoms. The number of ether oxygens (including phenoxy) is 4. The van der Waals surface area contributed by atoms with Crippen molar-refractivity contribution in [2.24, 2.45) is 11.8 Å². The van der Waals surface area contributed by atoms with Crippen molar-refractivity contribution < 1.29 is 48.0 Å². The van der Waals surface area contributed by atoms with Gasteiger partial charge in [0.2, 0.25) is 0 Å². The van der Waals surface area contributed by atoms with Crippen molar-refractivity contribution in [2.75, 3.05) is 13.2 Å². The lowest BCUT2D eigenvalue weighted by molar-refractivity contribution is -0.170. The van der Waals surface area contributed by atoms with Crippen molar-refractivity contribution in [1.29, 1.82) is 0 Å². The number of unbranched alkanes of at least 4 members (excludes halogenated alkanes) is 24. The molecule has 0 amide bonds. The molecule has 0 aliphatic heterocycles. The van der Waals surface area contributed by atoms with E-state index in [1.54, 1.807) is 19.9 Å². The van der Waals surface area contributed by atoms with E-state index in [0.29, 0.717) is 11.3 Å². The van der Waals surface area contributed by atoms with Crippen LogP contribution in [0.15, 0.2) is 12.1 Å². The minimum Gasteiger partial charge on any atom is -0.481 e. The van der Waals surface area contributed by atoms with Crippen molar-refractivity contribution in [3.05, 3.63) is 28.8 Å². The van der Waals surface area contributed by atoms with Crippen LogP contribution in [0.1, 0.15) is 251 Å². The number of hydrogen-bond acceptors (Lipinski definition) is 9. The molecule has 0 saturated carbocycles. The minimum atomic E-state index is -0.993. The molecule has 1 rings (SSSR count). The van der Waals surface area contributed by atoms with Crippen LogP contribution in [-0.2, 0) is 43.6 Å². The van der Waals surface area contributed by atoms with Crippen LogP contribution in [0.3, 0.4) is 0 Å². The van der Waals surface area contributed by atoms with Crippen molar-refractivity contribution in [1.82, 2.24) is 0 Å². The number of carbonyl (C=O) groups is 5. The standard InChI is InChI=1S/C55H94O10/c1-9-11-13-15-17-19-21-23-25-27-29-31-33-35-50(58)62-41-47(42-63-51(59)36-34-32-30-28-26-24-22-20-18-16-14-12-10-2)64-53(60)45(5)39-46(6)54(61)65-48-38-43(3)37-44(4)52(48)55(7,8)40-49(56)57/h37-38,45-47H,9-36,39-42H2,1-8H3,(H,56,57). The Balaban J connectivity index is 2.69. The molecule has 1 aromatic carbocycles. The molecular formula is C55H94O10. The summed E-state index contributed by atoms with van der Waals surface area (Å²) in [7, 11) is 0. The Morgan fingerprint density at radius 3 is 1.31 bits per heavy atom. The lowest BCUT2D eigenvalue weighted by Gasteiger charge is -2.28. The summed E-state index contributed by atoms with van der Waals surface area (Å²) in [6, 6.07) is 3.67. The van der Waals surface area contributed by atoms with Gasteiger partial charge in [0.15, 0.2) is 6.10 Å². The summed E-state index contributed by atoms with van der Waals surface area (Å²) >= 11 is 0. The van der Waals surface area contributed by atoms with E-state index in [4.69, 9.17) is 18.9 Å². The fourth-order valence-corrected chi connectivity index (χ4v) is 8.76. The molecular weight excluding hydrogens is 821 g/mol. The zero-order valence-corrected chi connectivity index (χ0v) is 42.6. The van der Waals surface area contributed by atoms with Gasteiger partial charge in [-0.1, -0.05) is 202 Å². The molecule has 2 atom stereocenters. The predicted octanol–water partition coefficient (Wildman–Crippen LogP) is 14.6. The highest BCUT2D eigenvalue weighted by Gasteiger charge is 2.32. The largest absolute Gasteiger partial charge is 0.481 e. The van der Waals surface area contributed by atoms with E-state index in [-0.39, 0.29) is 50.8 Å². The maximum absolute atomic E-state index is 13.4. The molecule has 10 heteroatoms. The van der Waals surface area contributed by atoms with Crippen LogP contribution in [-0.4, -0.2) is 54.3 Å². The molecule has 0 spiro atoms. The number of aliphatic carboxylic acids is 1. The second-order valence-corrected chi connectivity index (χ2v) is 19.8. The Labute approximate surface area is 395 Å². The van der Waals surface area contributed by atoms with Crippen LogP contribution in [0.25, 0.3) is 0 Å². The summed E-state index contributed by atoms with van der Waals surface area (Å²) < 4.78 is 22.8. The summed E-state index contributed by atoms with van der Waals surface area (Å²) in [6.45, 7) is 14.7. The van der Waals surface area contributed by atoms with Crippen LogP contribution < -0.4 is 4.74 Å². The molecule has 0 bridgehead atoms. The monoisotopic (exact) mass is 915 g/mol. The Hall–Kier alpha value is -3.43. The van der Waals surface area contributed by atoms with E-state index in [0.717, 1.165) is 49.7 Å². The molecule has 2 unspecified atom stereocenters. The number of carboxylic acids is 1. The average Bonchev–Trinajstić information content (AvgIpc) is 3.24. The van der Waals surface area contributed by atoms with Crippen molar-refractivity contribution >= 4 is 29.8 Å². The van der Waals surface area contributed by atoms with Gasteiger partial charge in [0.25, 0.3) is 0 Å². The normalized spacial score (nSPS) is 12.5. The molecule has 0 fully saturated rings.